The lowest BCUT2D eigenvalue weighted by atomic mass is 9.95. The molecule has 59 heavy (non-hydrogen) atoms. The molecule has 0 amide bonds. The predicted molar refractivity (Wildman–Crippen MR) is 253 cm³/mol. The summed E-state index contributed by atoms with van der Waals surface area (Å²) in [6.07, 6.45) is 0. The van der Waals surface area contributed by atoms with E-state index in [4.69, 9.17) is 4.42 Å². The molecule has 10 aromatic carbocycles. The first-order chi connectivity index (χ1) is 29.3. The third-order valence-corrected chi connectivity index (χ3v) is 13.1. The summed E-state index contributed by atoms with van der Waals surface area (Å²) >= 11 is 1.87. The first kappa shape index (κ1) is 33.7. The fraction of sp³-hybridized carbons (Fsp3) is 0. The van der Waals surface area contributed by atoms with Gasteiger partial charge in [-0.05, 0) is 92.0 Å². The third-order valence-electron chi connectivity index (χ3n) is 11.9. The number of hydrogen-bond acceptors (Lipinski definition) is 3. The molecule has 0 unspecified atom stereocenters. The van der Waals surface area contributed by atoms with E-state index in [-0.39, 0.29) is 0 Å². The van der Waals surface area contributed by atoms with Crippen LogP contribution in [0.5, 0.6) is 0 Å². The van der Waals surface area contributed by atoms with Crippen molar-refractivity contribution in [3.8, 4) is 33.4 Å². The lowest BCUT2D eigenvalue weighted by molar-refractivity contribution is 0.673. The number of nitrogens with zero attached hydrogens (tertiary/aromatic N) is 1. The summed E-state index contributed by atoms with van der Waals surface area (Å²) in [7, 11) is 0. The molecule has 2 aromatic heterocycles. The van der Waals surface area contributed by atoms with Crippen molar-refractivity contribution in [2.75, 3.05) is 4.90 Å². The van der Waals surface area contributed by atoms with E-state index in [0.717, 1.165) is 55.5 Å². The molecule has 0 aliphatic carbocycles. The average molecular weight is 770 g/mol. The highest BCUT2D eigenvalue weighted by Gasteiger charge is 2.24. The van der Waals surface area contributed by atoms with Crippen LogP contribution in [0.25, 0.3) is 97.0 Å². The minimum absolute atomic E-state index is 0.858. The zero-order chi connectivity index (χ0) is 38.9. The van der Waals surface area contributed by atoms with Crippen molar-refractivity contribution in [2.45, 2.75) is 0 Å². The van der Waals surface area contributed by atoms with Gasteiger partial charge in [0.2, 0.25) is 0 Å². The van der Waals surface area contributed by atoms with Gasteiger partial charge in [-0.2, -0.15) is 0 Å². The van der Waals surface area contributed by atoms with Crippen LogP contribution in [-0.2, 0) is 0 Å². The van der Waals surface area contributed by atoms with Crippen LogP contribution in [0.4, 0.5) is 17.1 Å². The highest BCUT2D eigenvalue weighted by molar-refractivity contribution is 7.26. The molecule has 0 spiro atoms. The average Bonchev–Trinajstić information content (AvgIpc) is 3.90. The monoisotopic (exact) mass is 769 g/mol. The normalized spacial score (nSPS) is 11.7. The second-order valence-corrected chi connectivity index (χ2v) is 16.3. The molecule has 0 aliphatic heterocycles. The minimum atomic E-state index is 0.858. The number of benzene rings is 10. The number of anilines is 3. The molecule has 0 bridgehead atoms. The van der Waals surface area contributed by atoms with Crippen LogP contribution in [0.2, 0.25) is 0 Å². The molecule has 0 atom stereocenters. The largest absolute Gasteiger partial charge is 0.455 e. The first-order valence-corrected chi connectivity index (χ1v) is 20.9. The number of rotatable bonds is 6. The standard InChI is InChI=1S/C56H35NOS/c1-3-14-36(15-4-1)38-26-30-41(31-27-38)57(42-32-28-39(29-33-42)43-23-13-24-49-46-20-11-12-25-52(46)59-56(43)49)50-34-40(37-16-5-2-6-17-37)35-51-54(50)53-47-21-9-7-18-44(47)45-19-8-10-22-48(45)55(53)58-51/h1-35H. The highest BCUT2D eigenvalue weighted by atomic mass is 32.1. The Morgan fingerprint density at radius 1 is 0.356 bits per heavy atom. The molecule has 0 radical (unpaired) electrons. The van der Waals surface area contributed by atoms with Gasteiger partial charge in [0.05, 0.1) is 11.1 Å². The summed E-state index contributed by atoms with van der Waals surface area (Å²) in [6, 6.07) is 76.8. The van der Waals surface area contributed by atoms with Crippen molar-refractivity contribution in [1.29, 1.82) is 0 Å². The molecule has 0 aliphatic rings. The van der Waals surface area contributed by atoms with Gasteiger partial charge in [0.25, 0.3) is 0 Å². The zero-order valence-corrected chi connectivity index (χ0v) is 32.8. The van der Waals surface area contributed by atoms with E-state index in [1.807, 2.05) is 11.3 Å². The van der Waals surface area contributed by atoms with Crippen LogP contribution in [0.1, 0.15) is 0 Å². The topological polar surface area (TPSA) is 16.4 Å². The Morgan fingerprint density at radius 2 is 0.881 bits per heavy atom. The Hall–Kier alpha value is -7.46. The smallest absolute Gasteiger partial charge is 0.143 e. The van der Waals surface area contributed by atoms with Gasteiger partial charge in [-0.25, -0.2) is 0 Å². The fourth-order valence-electron chi connectivity index (χ4n) is 9.10. The van der Waals surface area contributed by atoms with Crippen molar-refractivity contribution in [2.24, 2.45) is 0 Å². The van der Waals surface area contributed by atoms with Gasteiger partial charge >= 0.3 is 0 Å². The maximum absolute atomic E-state index is 7.09. The molecule has 12 aromatic rings. The maximum atomic E-state index is 7.09. The molecule has 12 rings (SSSR count). The number of furan rings is 1. The summed E-state index contributed by atoms with van der Waals surface area (Å²) in [6.45, 7) is 0. The second-order valence-electron chi connectivity index (χ2n) is 15.2. The van der Waals surface area contributed by atoms with E-state index in [1.165, 1.54) is 58.6 Å². The Balaban J connectivity index is 1.13. The van der Waals surface area contributed by atoms with Crippen LogP contribution >= 0.6 is 11.3 Å². The van der Waals surface area contributed by atoms with Crippen molar-refractivity contribution in [1.82, 2.24) is 0 Å². The second kappa shape index (κ2) is 13.6. The van der Waals surface area contributed by atoms with E-state index in [2.05, 4.69) is 217 Å². The lowest BCUT2D eigenvalue weighted by Crippen LogP contribution is -2.10. The number of hydrogen-bond donors (Lipinski definition) is 0. The molecule has 0 saturated heterocycles. The first-order valence-electron chi connectivity index (χ1n) is 20.1. The van der Waals surface area contributed by atoms with Gasteiger partial charge in [0, 0.05) is 42.3 Å². The maximum Gasteiger partial charge on any atom is 0.143 e. The van der Waals surface area contributed by atoms with Crippen LogP contribution in [-0.4, -0.2) is 0 Å². The Kier molecular flexibility index (Phi) is 7.75. The predicted octanol–water partition coefficient (Wildman–Crippen LogP) is 16.7. The zero-order valence-electron chi connectivity index (χ0n) is 32.0. The van der Waals surface area contributed by atoms with Gasteiger partial charge in [-0.1, -0.05) is 170 Å². The fourth-order valence-corrected chi connectivity index (χ4v) is 10.3. The Morgan fingerprint density at radius 3 is 1.58 bits per heavy atom. The van der Waals surface area contributed by atoms with E-state index >= 15 is 0 Å². The van der Waals surface area contributed by atoms with Crippen molar-refractivity contribution >= 4 is 92.1 Å². The third kappa shape index (κ3) is 5.47. The van der Waals surface area contributed by atoms with E-state index in [0.29, 0.717) is 0 Å². The number of fused-ring (bicyclic) bond motifs is 11. The molecule has 276 valence electrons. The molecule has 0 N–H and O–H groups in total. The summed E-state index contributed by atoms with van der Waals surface area (Å²) in [4.78, 5) is 2.42. The van der Waals surface area contributed by atoms with Gasteiger partial charge in [0.15, 0.2) is 0 Å². The molecular formula is C56H35NOS. The van der Waals surface area contributed by atoms with Gasteiger partial charge in [-0.15, -0.1) is 11.3 Å². The SMILES string of the molecule is c1ccc(-c2ccc(N(c3ccc(-c4cccc5c4sc4ccccc45)cc3)c3cc(-c4ccccc4)cc4oc5c6ccccc6c6ccccc6c5c34)cc2)cc1. The van der Waals surface area contributed by atoms with E-state index in [9.17, 15) is 0 Å². The summed E-state index contributed by atoms with van der Waals surface area (Å²) in [5.74, 6) is 0. The Bertz CT molecular complexity index is 3530. The Labute approximate surface area is 345 Å². The van der Waals surface area contributed by atoms with Crippen LogP contribution < -0.4 is 4.90 Å². The minimum Gasteiger partial charge on any atom is -0.455 e. The molecule has 0 fully saturated rings. The molecule has 2 heterocycles. The van der Waals surface area contributed by atoms with E-state index in [1.54, 1.807) is 0 Å². The van der Waals surface area contributed by atoms with Crippen LogP contribution in [0, 0.1) is 0 Å². The molecular weight excluding hydrogens is 735 g/mol. The van der Waals surface area contributed by atoms with Crippen molar-refractivity contribution in [3.05, 3.63) is 212 Å². The molecule has 0 saturated carbocycles. The quantitative estimate of drug-likeness (QED) is 0.157. The highest BCUT2D eigenvalue weighted by Crippen LogP contribution is 2.49. The van der Waals surface area contributed by atoms with Crippen molar-refractivity contribution < 1.29 is 4.42 Å². The van der Waals surface area contributed by atoms with Gasteiger partial charge in [0.1, 0.15) is 11.2 Å². The number of thiophene rings is 1. The van der Waals surface area contributed by atoms with Crippen LogP contribution in [0.3, 0.4) is 0 Å². The van der Waals surface area contributed by atoms with Gasteiger partial charge < -0.3 is 9.32 Å². The summed E-state index contributed by atoms with van der Waals surface area (Å²) < 4.78 is 9.72. The van der Waals surface area contributed by atoms with Gasteiger partial charge in [-0.3, -0.25) is 0 Å². The van der Waals surface area contributed by atoms with Crippen molar-refractivity contribution in [3.63, 3.8) is 0 Å². The molecule has 3 heteroatoms. The van der Waals surface area contributed by atoms with Crippen LogP contribution in [0.15, 0.2) is 217 Å². The lowest BCUT2D eigenvalue weighted by Gasteiger charge is -2.27. The summed E-state index contributed by atoms with van der Waals surface area (Å²) in [5.41, 5.74) is 12.0. The van der Waals surface area contributed by atoms with E-state index < -0.39 is 0 Å². The summed E-state index contributed by atoms with van der Waals surface area (Å²) in [5, 5.41) is 9.54. The molecule has 2 nitrogen and oxygen atoms in total.